The highest BCUT2D eigenvalue weighted by Gasteiger charge is 2.37. The normalized spacial score (nSPS) is 20.0. The van der Waals surface area contributed by atoms with Gasteiger partial charge in [-0.3, -0.25) is 9.48 Å². The minimum atomic E-state index is -1.08. The van der Waals surface area contributed by atoms with Crippen molar-refractivity contribution in [2.45, 2.75) is 25.8 Å². The van der Waals surface area contributed by atoms with Crippen molar-refractivity contribution in [3.63, 3.8) is 0 Å². The standard InChI is InChI=1S/C18H22N6O3/c1-11-9-23(5-6-24(11)16(25)12-3-4-12)18-19-8-14(17(26)27)15(21-18)13-7-20-22(2)10-13/h7-8,10-12H,3-6,9H2,1-2H3,(H,26,27). The molecule has 1 saturated carbocycles. The number of aromatic carboxylic acids is 1. The summed E-state index contributed by atoms with van der Waals surface area (Å²) >= 11 is 0. The number of carboxylic acid groups (broad SMARTS) is 1. The summed E-state index contributed by atoms with van der Waals surface area (Å²) in [6, 6.07) is 0.0662. The van der Waals surface area contributed by atoms with Gasteiger partial charge in [0.2, 0.25) is 11.9 Å². The number of aryl methyl sites for hydroxylation is 1. The first-order chi connectivity index (χ1) is 12.9. The lowest BCUT2D eigenvalue weighted by molar-refractivity contribution is -0.134. The number of nitrogens with zero attached hydrogens (tertiary/aromatic N) is 6. The maximum atomic E-state index is 12.4. The van der Waals surface area contributed by atoms with E-state index in [1.54, 1.807) is 24.1 Å². The first-order valence-corrected chi connectivity index (χ1v) is 9.09. The Hall–Kier alpha value is -2.97. The number of hydrogen-bond donors (Lipinski definition) is 1. The second kappa shape index (κ2) is 6.64. The van der Waals surface area contributed by atoms with Crippen molar-refractivity contribution in [3.8, 4) is 11.3 Å². The van der Waals surface area contributed by atoms with E-state index in [4.69, 9.17) is 0 Å². The number of aromatic nitrogens is 4. The fourth-order valence-corrected chi connectivity index (χ4v) is 3.48. The van der Waals surface area contributed by atoms with Crippen LogP contribution in [0.25, 0.3) is 11.3 Å². The number of carbonyl (C=O) groups is 2. The van der Waals surface area contributed by atoms with Crippen molar-refractivity contribution in [1.29, 1.82) is 0 Å². The molecule has 2 fully saturated rings. The molecule has 2 aromatic heterocycles. The van der Waals surface area contributed by atoms with E-state index in [-0.39, 0.29) is 23.4 Å². The van der Waals surface area contributed by atoms with E-state index in [0.717, 1.165) is 12.8 Å². The third kappa shape index (κ3) is 3.36. The van der Waals surface area contributed by atoms with E-state index in [9.17, 15) is 14.7 Å². The molecule has 0 radical (unpaired) electrons. The second-order valence-corrected chi connectivity index (χ2v) is 7.24. The predicted octanol–water partition coefficient (Wildman–Crippen LogP) is 1.02. The quantitative estimate of drug-likeness (QED) is 0.857. The minimum absolute atomic E-state index is 0.0438. The Kier molecular flexibility index (Phi) is 4.29. The average molecular weight is 370 g/mol. The number of carbonyl (C=O) groups excluding carboxylic acids is 1. The average Bonchev–Trinajstić information content (AvgIpc) is 3.41. The SMILES string of the molecule is CC1CN(c2ncc(C(=O)O)c(-c3cnn(C)c3)n2)CCN1C(=O)C1CC1. The van der Waals surface area contributed by atoms with Crippen LogP contribution in [0.5, 0.6) is 0 Å². The Bertz CT molecular complexity index is 891. The van der Waals surface area contributed by atoms with Gasteiger partial charge in [0, 0.05) is 56.6 Å². The first kappa shape index (κ1) is 17.4. The molecule has 0 aromatic carbocycles. The molecule has 1 aliphatic carbocycles. The molecule has 1 aliphatic heterocycles. The summed E-state index contributed by atoms with van der Waals surface area (Å²) in [7, 11) is 1.77. The predicted molar refractivity (Wildman–Crippen MR) is 97.3 cm³/mol. The molecule has 9 nitrogen and oxygen atoms in total. The van der Waals surface area contributed by atoms with Crippen molar-refractivity contribution in [2.75, 3.05) is 24.5 Å². The topological polar surface area (TPSA) is 104 Å². The molecule has 1 N–H and O–H groups in total. The summed E-state index contributed by atoms with van der Waals surface area (Å²) in [5.41, 5.74) is 1.03. The summed E-state index contributed by atoms with van der Waals surface area (Å²) < 4.78 is 1.60. The van der Waals surface area contributed by atoms with Gasteiger partial charge in [0.15, 0.2) is 0 Å². The molecule has 1 unspecified atom stereocenters. The Morgan fingerprint density at radius 2 is 2.00 bits per heavy atom. The van der Waals surface area contributed by atoms with Gasteiger partial charge in [-0.1, -0.05) is 0 Å². The summed E-state index contributed by atoms with van der Waals surface area (Å²) in [6.45, 7) is 3.90. The zero-order valence-electron chi connectivity index (χ0n) is 15.4. The van der Waals surface area contributed by atoms with Gasteiger partial charge in [0.25, 0.3) is 0 Å². The van der Waals surface area contributed by atoms with Crippen LogP contribution in [0.2, 0.25) is 0 Å². The minimum Gasteiger partial charge on any atom is -0.478 e. The summed E-state index contributed by atoms with van der Waals surface area (Å²) in [4.78, 5) is 36.7. The van der Waals surface area contributed by atoms with Crippen LogP contribution in [0.3, 0.4) is 0 Å². The smallest absolute Gasteiger partial charge is 0.339 e. The molecule has 2 aliphatic rings. The number of amides is 1. The number of anilines is 1. The summed E-state index contributed by atoms with van der Waals surface area (Å²) in [5, 5.41) is 13.6. The van der Waals surface area contributed by atoms with Gasteiger partial charge in [0.1, 0.15) is 5.56 Å². The molecule has 4 rings (SSSR count). The molecule has 9 heteroatoms. The highest BCUT2D eigenvalue weighted by Crippen LogP contribution is 2.32. The van der Waals surface area contributed by atoms with E-state index in [1.807, 2.05) is 16.7 Å². The van der Waals surface area contributed by atoms with Crippen molar-refractivity contribution >= 4 is 17.8 Å². The molecule has 1 atom stereocenters. The molecule has 1 amide bonds. The molecular formula is C18H22N6O3. The molecule has 27 heavy (non-hydrogen) atoms. The van der Waals surface area contributed by atoms with Crippen LogP contribution < -0.4 is 4.90 Å². The monoisotopic (exact) mass is 370 g/mol. The molecular weight excluding hydrogens is 348 g/mol. The Morgan fingerprint density at radius 1 is 1.22 bits per heavy atom. The van der Waals surface area contributed by atoms with Gasteiger partial charge < -0.3 is 14.9 Å². The van der Waals surface area contributed by atoms with Gasteiger partial charge >= 0.3 is 5.97 Å². The molecule has 3 heterocycles. The lowest BCUT2D eigenvalue weighted by Crippen LogP contribution is -2.55. The molecule has 0 spiro atoms. The first-order valence-electron chi connectivity index (χ1n) is 9.09. The number of hydrogen-bond acceptors (Lipinski definition) is 6. The zero-order valence-corrected chi connectivity index (χ0v) is 15.4. The third-order valence-electron chi connectivity index (χ3n) is 5.10. The van der Waals surface area contributed by atoms with Gasteiger partial charge in [-0.25, -0.2) is 14.8 Å². The van der Waals surface area contributed by atoms with Crippen LogP contribution in [-0.4, -0.2) is 67.3 Å². The summed E-state index contributed by atoms with van der Waals surface area (Å²) in [6.07, 6.45) is 6.67. The summed E-state index contributed by atoms with van der Waals surface area (Å²) in [5.74, 6) is -0.138. The van der Waals surface area contributed by atoms with E-state index in [0.29, 0.717) is 36.8 Å². The van der Waals surface area contributed by atoms with Crippen molar-refractivity contribution in [1.82, 2.24) is 24.6 Å². The zero-order chi connectivity index (χ0) is 19.1. The highest BCUT2D eigenvalue weighted by molar-refractivity contribution is 5.94. The van der Waals surface area contributed by atoms with E-state index in [2.05, 4.69) is 15.1 Å². The fourth-order valence-electron chi connectivity index (χ4n) is 3.48. The lowest BCUT2D eigenvalue weighted by Gasteiger charge is -2.40. The van der Waals surface area contributed by atoms with E-state index >= 15 is 0 Å². The second-order valence-electron chi connectivity index (χ2n) is 7.24. The van der Waals surface area contributed by atoms with Crippen LogP contribution in [0.4, 0.5) is 5.95 Å². The Morgan fingerprint density at radius 3 is 2.59 bits per heavy atom. The van der Waals surface area contributed by atoms with Crippen LogP contribution in [0, 0.1) is 5.92 Å². The van der Waals surface area contributed by atoms with Gasteiger partial charge in [0.05, 0.1) is 11.9 Å². The molecule has 2 aromatic rings. The van der Waals surface area contributed by atoms with E-state index in [1.165, 1.54) is 6.20 Å². The van der Waals surface area contributed by atoms with Gasteiger partial charge in [-0.2, -0.15) is 5.10 Å². The number of carboxylic acids is 1. The van der Waals surface area contributed by atoms with Crippen molar-refractivity contribution < 1.29 is 14.7 Å². The Labute approximate surface area is 156 Å². The van der Waals surface area contributed by atoms with Gasteiger partial charge in [-0.05, 0) is 19.8 Å². The molecule has 1 saturated heterocycles. The maximum absolute atomic E-state index is 12.4. The third-order valence-corrected chi connectivity index (χ3v) is 5.10. The van der Waals surface area contributed by atoms with Crippen LogP contribution in [0.1, 0.15) is 30.1 Å². The molecule has 142 valence electrons. The van der Waals surface area contributed by atoms with E-state index < -0.39 is 5.97 Å². The van der Waals surface area contributed by atoms with Crippen LogP contribution in [-0.2, 0) is 11.8 Å². The van der Waals surface area contributed by atoms with Crippen molar-refractivity contribution in [2.24, 2.45) is 13.0 Å². The largest absolute Gasteiger partial charge is 0.478 e. The van der Waals surface area contributed by atoms with Crippen LogP contribution in [0.15, 0.2) is 18.6 Å². The van der Waals surface area contributed by atoms with Crippen LogP contribution >= 0.6 is 0 Å². The lowest BCUT2D eigenvalue weighted by atomic mass is 10.1. The number of rotatable bonds is 4. The molecule has 0 bridgehead atoms. The number of piperazine rings is 1. The Balaban J connectivity index is 1.59. The highest BCUT2D eigenvalue weighted by atomic mass is 16.4. The maximum Gasteiger partial charge on any atom is 0.339 e. The van der Waals surface area contributed by atoms with Crippen molar-refractivity contribution in [3.05, 3.63) is 24.2 Å². The fraction of sp³-hybridized carbons (Fsp3) is 0.500. The van der Waals surface area contributed by atoms with Gasteiger partial charge in [-0.15, -0.1) is 0 Å².